The maximum Gasteiger partial charge on any atom is 0.158 e. The molecular weight excluding hydrogens is 264 g/mol. The van der Waals surface area contributed by atoms with Gasteiger partial charge in [-0.15, -0.1) is 0 Å². The summed E-state index contributed by atoms with van der Waals surface area (Å²) < 4.78 is 7.33. The summed E-state index contributed by atoms with van der Waals surface area (Å²) in [6.07, 6.45) is 9.85. The lowest BCUT2D eigenvalue weighted by atomic mass is 9.95. The Kier molecular flexibility index (Phi) is 3.10. The molecule has 5 nitrogen and oxygen atoms in total. The van der Waals surface area contributed by atoms with E-state index in [0.717, 1.165) is 22.9 Å². The van der Waals surface area contributed by atoms with E-state index >= 15 is 0 Å². The molecule has 1 N–H and O–H groups in total. The molecule has 3 aromatic heterocycles. The van der Waals surface area contributed by atoms with Gasteiger partial charge in [0.25, 0.3) is 0 Å². The number of anilines is 1. The van der Waals surface area contributed by atoms with Crippen LogP contribution >= 0.6 is 0 Å². The Morgan fingerprint density at radius 1 is 1.19 bits per heavy atom. The topological polar surface area (TPSA) is 55.4 Å². The van der Waals surface area contributed by atoms with Crippen molar-refractivity contribution in [3.63, 3.8) is 0 Å². The van der Waals surface area contributed by atoms with Crippen molar-refractivity contribution in [2.45, 2.75) is 38.1 Å². The van der Waals surface area contributed by atoms with Crippen molar-refractivity contribution in [1.29, 1.82) is 0 Å². The third kappa shape index (κ3) is 2.39. The molecular formula is C16H18N4O. The highest BCUT2D eigenvalue weighted by Crippen LogP contribution is 2.25. The van der Waals surface area contributed by atoms with E-state index in [9.17, 15) is 0 Å². The van der Waals surface area contributed by atoms with Crippen LogP contribution in [0.15, 0.2) is 41.1 Å². The van der Waals surface area contributed by atoms with Crippen LogP contribution in [0.5, 0.6) is 0 Å². The number of hydrogen-bond donors (Lipinski definition) is 1. The highest BCUT2D eigenvalue weighted by Gasteiger charge is 2.16. The van der Waals surface area contributed by atoms with E-state index in [-0.39, 0.29) is 0 Å². The SMILES string of the molecule is c1coc(-c2cc(NC3CCCCC3)n3nccc3n2)c1. The fourth-order valence-electron chi connectivity index (χ4n) is 3.02. The number of hydrogen-bond acceptors (Lipinski definition) is 4. The van der Waals surface area contributed by atoms with Crippen molar-refractivity contribution < 1.29 is 4.42 Å². The second-order valence-corrected chi connectivity index (χ2v) is 5.58. The van der Waals surface area contributed by atoms with Crippen LogP contribution in [0.2, 0.25) is 0 Å². The summed E-state index contributed by atoms with van der Waals surface area (Å²) in [6, 6.07) is 8.27. The van der Waals surface area contributed by atoms with Gasteiger partial charge in [-0.05, 0) is 25.0 Å². The average Bonchev–Trinajstić information content (AvgIpc) is 3.19. The van der Waals surface area contributed by atoms with Crippen LogP contribution in [-0.4, -0.2) is 20.6 Å². The monoisotopic (exact) mass is 282 g/mol. The first-order valence-corrected chi connectivity index (χ1v) is 7.55. The van der Waals surface area contributed by atoms with E-state index < -0.39 is 0 Å². The Labute approximate surface area is 123 Å². The quantitative estimate of drug-likeness (QED) is 0.795. The first kappa shape index (κ1) is 12.4. The fraction of sp³-hybridized carbons (Fsp3) is 0.375. The Morgan fingerprint density at radius 2 is 2.10 bits per heavy atom. The van der Waals surface area contributed by atoms with E-state index in [2.05, 4.69) is 15.4 Å². The Hall–Kier alpha value is -2.30. The molecule has 4 rings (SSSR count). The van der Waals surface area contributed by atoms with Crippen LogP contribution in [0.25, 0.3) is 17.1 Å². The summed E-state index contributed by atoms with van der Waals surface area (Å²) in [5, 5.41) is 8.00. The zero-order valence-electron chi connectivity index (χ0n) is 11.8. The standard InChI is InChI=1S/C16H18N4O/c1-2-5-12(6-3-1)18-16-11-13(14-7-4-10-21-14)19-15-8-9-17-20(15)16/h4,7-12,18H,1-3,5-6H2. The van der Waals surface area contributed by atoms with Gasteiger partial charge in [0.1, 0.15) is 11.5 Å². The van der Waals surface area contributed by atoms with Gasteiger partial charge in [0.05, 0.1) is 12.5 Å². The van der Waals surface area contributed by atoms with Gasteiger partial charge in [-0.3, -0.25) is 0 Å². The molecule has 1 saturated carbocycles. The summed E-state index contributed by atoms with van der Waals surface area (Å²) in [5.74, 6) is 1.77. The maximum atomic E-state index is 5.47. The van der Waals surface area contributed by atoms with E-state index in [1.807, 2.05) is 28.8 Å². The van der Waals surface area contributed by atoms with Crippen LogP contribution in [0.4, 0.5) is 5.82 Å². The molecule has 5 heteroatoms. The summed E-state index contributed by atoms with van der Waals surface area (Å²) in [7, 11) is 0. The van der Waals surface area contributed by atoms with Crippen LogP contribution in [0, 0.1) is 0 Å². The zero-order chi connectivity index (χ0) is 14.1. The normalized spacial score (nSPS) is 16.4. The maximum absolute atomic E-state index is 5.47. The number of fused-ring (bicyclic) bond motifs is 1. The Bertz CT molecular complexity index is 726. The van der Waals surface area contributed by atoms with Gasteiger partial charge in [0, 0.05) is 18.2 Å². The third-order valence-corrected chi connectivity index (χ3v) is 4.09. The van der Waals surface area contributed by atoms with Crippen molar-refractivity contribution in [1.82, 2.24) is 14.6 Å². The van der Waals surface area contributed by atoms with E-state index in [0.29, 0.717) is 6.04 Å². The van der Waals surface area contributed by atoms with Crippen molar-refractivity contribution in [3.05, 3.63) is 36.7 Å². The van der Waals surface area contributed by atoms with E-state index in [1.165, 1.54) is 32.1 Å². The minimum atomic E-state index is 0.526. The summed E-state index contributed by atoms with van der Waals surface area (Å²) >= 11 is 0. The highest BCUT2D eigenvalue weighted by molar-refractivity contribution is 5.62. The second kappa shape index (κ2) is 5.24. The van der Waals surface area contributed by atoms with Gasteiger partial charge in [0.2, 0.25) is 0 Å². The summed E-state index contributed by atoms with van der Waals surface area (Å²) in [4.78, 5) is 4.60. The molecule has 0 aromatic carbocycles. The van der Waals surface area contributed by atoms with Crippen molar-refractivity contribution in [2.75, 3.05) is 5.32 Å². The molecule has 1 aliphatic rings. The van der Waals surface area contributed by atoms with Gasteiger partial charge >= 0.3 is 0 Å². The van der Waals surface area contributed by atoms with Gasteiger partial charge in [-0.25, -0.2) is 4.98 Å². The van der Waals surface area contributed by atoms with Crippen LogP contribution in [0.3, 0.4) is 0 Å². The molecule has 3 aromatic rings. The molecule has 0 aliphatic heterocycles. The van der Waals surface area contributed by atoms with E-state index in [1.54, 1.807) is 12.5 Å². The van der Waals surface area contributed by atoms with E-state index in [4.69, 9.17) is 4.42 Å². The predicted molar refractivity (Wildman–Crippen MR) is 81.2 cm³/mol. The lowest BCUT2D eigenvalue weighted by molar-refractivity contribution is 0.461. The summed E-state index contributed by atoms with van der Waals surface area (Å²) in [6.45, 7) is 0. The summed E-state index contributed by atoms with van der Waals surface area (Å²) in [5.41, 5.74) is 1.67. The first-order valence-electron chi connectivity index (χ1n) is 7.55. The highest BCUT2D eigenvalue weighted by atomic mass is 16.3. The number of furan rings is 1. The number of rotatable bonds is 3. The van der Waals surface area contributed by atoms with Gasteiger partial charge in [-0.2, -0.15) is 9.61 Å². The van der Waals surface area contributed by atoms with Crippen molar-refractivity contribution >= 4 is 11.5 Å². The van der Waals surface area contributed by atoms with Gasteiger partial charge in [-0.1, -0.05) is 19.3 Å². The largest absolute Gasteiger partial charge is 0.463 e. The Balaban J connectivity index is 1.73. The molecule has 0 saturated heterocycles. The van der Waals surface area contributed by atoms with Crippen molar-refractivity contribution in [2.24, 2.45) is 0 Å². The molecule has 0 amide bonds. The molecule has 1 aliphatic carbocycles. The molecule has 0 radical (unpaired) electrons. The smallest absolute Gasteiger partial charge is 0.158 e. The molecule has 0 bridgehead atoms. The minimum absolute atomic E-state index is 0.526. The number of nitrogens with one attached hydrogen (secondary N) is 1. The average molecular weight is 282 g/mol. The molecule has 0 unspecified atom stereocenters. The second-order valence-electron chi connectivity index (χ2n) is 5.58. The van der Waals surface area contributed by atoms with Crippen LogP contribution in [-0.2, 0) is 0 Å². The van der Waals surface area contributed by atoms with Crippen LogP contribution in [0.1, 0.15) is 32.1 Å². The van der Waals surface area contributed by atoms with Gasteiger partial charge < -0.3 is 9.73 Å². The fourth-order valence-corrected chi connectivity index (χ4v) is 3.02. The van der Waals surface area contributed by atoms with Gasteiger partial charge in [0.15, 0.2) is 11.4 Å². The van der Waals surface area contributed by atoms with Crippen molar-refractivity contribution in [3.8, 4) is 11.5 Å². The lowest BCUT2D eigenvalue weighted by Crippen LogP contribution is -2.23. The third-order valence-electron chi connectivity index (χ3n) is 4.09. The Morgan fingerprint density at radius 3 is 2.90 bits per heavy atom. The number of aromatic nitrogens is 3. The minimum Gasteiger partial charge on any atom is -0.463 e. The predicted octanol–water partition coefficient (Wildman–Crippen LogP) is 3.73. The molecule has 21 heavy (non-hydrogen) atoms. The van der Waals surface area contributed by atoms with Crippen LogP contribution < -0.4 is 5.32 Å². The lowest BCUT2D eigenvalue weighted by Gasteiger charge is -2.24. The molecule has 0 atom stereocenters. The molecule has 3 heterocycles. The number of nitrogens with zero attached hydrogens (tertiary/aromatic N) is 3. The molecule has 1 fully saturated rings. The first-order chi connectivity index (χ1) is 10.4. The molecule has 108 valence electrons. The zero-order valence-corrected chi connectivity index (χ0v) is 11.8. The molecule has 0 spiro atoms.